The monoisotopic (exact) mass is 508 g/mol. The fraction of sp³-hybridized carbons (Fsp3) is 0.929. The lowest BCUT2D eigenvalue weighted by Gasteiger charge is -2.39. The summed E-state index contributed by atoms with van der Waals surface area (Å²) in [6.45, 7) is 0.424. The lowest BCUT2D eigenvalue weighted by Crippen LogP contribution is -2.70. The molecule has 0 aliphatic carbocycles. The zero-order valence-electron chi connectivity index (χ0n) is 15.3. The molecule has 1 amide bonds. The van der Waals surface area contributed by atoms with Gasteiger partial charge in [0.25, 0.3) is 0 Å². The van der Waals surface area contributed by atoms with E-state index in [9.17, 15) is 61.9 Å². The molecule has 0 aromatic carbocycles. The molecule has 0 aliphatic heterocycles. The van der Waals surface area contributed by atoms with E-state index in [1.54, 1.807) is 0 Å². The van der Waals surface area contributed by atoms with Gasteiger partial charge in [0.1, 0.15) is 0 Å². The minimum Gasteiger partial charge on any atom is -0.356 e. The van der Waals surface area contributed by atoms with Crippen LogP contribution in [-0.4, -0.2) is 66.3 Å². The second-order valence-corrected chi connectivity index (χ2v) is 7.33. The molecule has 0 aromatic rings. The molecule has 0 aromatic heterocycles. The van der Waals surface area contributed by atoms with Gasteiger partial charge in [0.2, 0.25) is 5.91 Å². The minimum atomic E-state index is -7.89. The summed E-state index contributed by atoms with van der Waals surface area (Å²) < 4.78 is 168. The Morgan fingerprint density at radius 1 is 0.742 bits per heavy atom. The maximum atomic E-state index is 13.5. The quantitative estimate of drug-likeness (QED) is 0.280. The summed E-state index contributed by atoms with van der Waals surface area (Å²) in [5.41, 5.74) is 5.15. The van der Waals surface area contributed by atoms with Crippen LogP contribution in [0.3, 0.4) is 0 Å². The SMILES string of the molecule is NCCCNC(=O)CCSCCC(F)(F)C(F)(F)C(F)(F)C(F)(F)C(F)(F)C(F)(F)F. The molecule has 186 valence electrons. The number of nitrogens with one attached hydrogen (secondary N) is 1. The molecule has 0 spiro atoms. The number of hydrogen-bond acceptors (Lipinski definition) is 3. The second kappa shape index (κ2) is 10.2. The number of hydrogen-bond donors (Lipinski definition) is 2. The number of thioether (sulfide) groups is 1. The highest BCUT2D eigenvalue weighted by Gasteiger charge is 2.90. The summed E-state index contributed by atoms with van der Waals surface area (Å²) in [5.74, 6) is -38.8. The van der Waals surface area contributed by atoms with Gasteiger partial charge in [-0.2, -0.15) is 68.8 Å². The summed E-state index contributed by atoms with van der Waals surface area (Å²) in [7, 11) is 0. The van der Waals surface area contributed by atoms with Gasteiger partial charge in [-0.1, -0.05) is 0 Å². The van der Waals surface area contributed by atoms with E-state index >= 15 is 0 Å². The van der Waals surface area contributed by atoms with Gasteiger partial charge < -0.3 is 11.1 Å². The van der Waals surface area contributed by atoms with Crippen molar-refractivity contribution in [2.24, 2.45) is 5.73 Å². The van der Waals surface area contributed by atoms with Crippen LogP contribution in [0.4, 0.5) is 57.1 Å². The second-order valence-electron chi connectivity index (χ2n) is 6.10. The minimum absolute atomic E-state index is 0.177. The van der Waals surface area contributed by atoms with Crippen LogP contribution in [0.5, 0.6) is 0 Å². The van der Waals surface area contributed by atoms with Crippen LogP contribution in [0.15, 0.2) is 0 Å². The third-order valence-electron chi connectivity index (χ3n) is 3.74. The van der Waals surface area contributed by atoms with Gasteiger partial charge in [-0.3, -0.25) is 4.79 Å². The number of halogens is 13. The van der Waals surface area contributed by atoms with Gasteiger partial charge in [0.15, 0.2) is 0 Å². The molecule has 3 nitrogen and oxygen atoms in total. The molecule has 0 bridgehead atoms. The standard InChI is InChI=1S/C14H17F13N2OS/c15-9(16,3-7-31-6-2-8(30)29-5-1-4-28)10(17,18)11(19,20)12(21,22)13(23,24)14(25,26)27/h1-7,28H2,(H,29,30). The van der Waals surface area contributed by atoms with Crippen molar-refractivity contribution in [3.05, 3.63) is 0 Å². The first-order chi connectivity index (χ1) is 13.7. The molecule has 0 saturated heterocycles. The third kappa shape index (κ3) is 6.22. The first kappa shape index (κ1) is 29.9. The molecule has 0 unspecified atom stereocenters. The van der Waals surface area contributed by atoms with E-state index in [0.717, 1.165) is 0 Å². The molecular weight excluding hydrogens is 491 g/mol. The molecule has 0 aliphatic rings. The molecule has 0 fully saturated rings. The van der Waals surface area contributed by atoms with Gasteiger partial charge >= 0.3 is 35.8 Å². The van der Waals surface area contributed by atoms with Crippen LogP contribution in [0.25, 0.3) is 0 Å². The van der Waals surface area contributed by atoms with Crippen LogP contribution in [0.1, 0.15) is 19.3 Å². The van der Waals surface area contributed by atoms with Crippen molar-refractivity contribution in [2.45, 2.75) is 55.1 Å². The van der Waals surface area contributed by atoms with E-state index in [1.807, 2.05) is 0 Å². The molecule has 0 saturated carbocycles. The number of carbonyl (C=O) groups is 1. The Labute approximate surface area is 171 Å². The third-order valence-corrected chi connectivity index (χ3v) is 4.72. The predicted octanol–water partition coefficient (Wildman–Crippen LogP) is 4.70. The Balaban J connectivity index is 5.16. The summed E-state index contributed by atoms with van der Waals surface area (Å²) in [6.07, 6.45) is -9.62. The van der Waals surface area contributed by atoms with Crippen LogP contribution in [0, 0.1) is 0 Å². The van der Waals surface area contributed by atoms with E-state index in [-0.39, 0.29) is 25.3 Å². The molecule has 0 atom stereocenters. The van der Waals surface area contributed by atoms with Gasteiger partial charge in [0.05, 0.1) is 0 Å². The van der Waals surface area contributed by atoms with Crippen LogP contribution < -0.4 is 11.1 Å². The van der Waals surface area contributed by atoms with Crippen LogP contribution in [-0.2, 0) is 4.79 Å². The van der Waals surface area contributed by atoms with E-state index in [4.69, 9.17) is 5.73 Å². The molecule has 3 N–H and O–H groups in total. The first-order valence-electron chi connectivity index (χ1n) is 8.21. The number of carbonyl (C=O) groups excluding carboxylic acids is 1. The topological polar surface area (TPSA) is 55.1 Å². The van der Waals surface area contributed by atoms with Crippen LogP contribution in [0.2, 0.25) is 0 Å². The van der Waals surface area contributed by atoms with Gasteiger partial charge in [-0.25, -0.2) is 0 Å². The first-order valence-corrected chi connectivity index (χ1v) is 9.36. The lowest BCUT2D eigenvalue weighted by atomic mass is 9.93. The summed E-state index contributed by atoms with van der Waals surface area (Å²) in [5, 5.41) is 2.33. The Bertz CT molecular complexity index is 595. The van der Waals surface area contributed by atoms with Crippen molar-refractivity contribution >= 4 is 17.7 Å². The average molecular weight is 508 g/mol. The lowest BCUT2D eigenvalue weighted by molar-refractivity contribution is -0.439. The molecule has 31 heavy (non-hydrogen) atoms. The van der Waals surface area contributed by atoms with Crippen molar-refractivity contribution in [1.29, 1.82) is 0 Å². The van der Waals surface area contributed by atoms with Crippen molar-refractivity contribution in [1.82, 2.24) is 5.32 Å². The van der Waals surface area contributed by atoms with Crippen molar-refractivity contribution in [3.63, 3.8) is 0 Å². The van der Waals surface area contributed by atoms with Crippen molar-refractivity contribution in [3.8, 4) is 0 Å². The Morgan fingerprint density at radius 2 is 1.23 bits per heavy atom. The largest absolute Gasteiger partial charge is 0.460 e. The summed E-state index contributed by atoms with van der Waals surface area (Å²) in [6, 6.07) is 0. The number of rotatable bonds is 13. The summed E-state index contributed by atoms with van der Waals surface area (Å²) >= 11 is 0.332. The average Bonchev–Trinajstić information content (AvgIpc) is 2.59. The fourth-order valence-corrected chi connectivity index (χ4v) is 2.78. The fourth-order valence-electron chi connectivity index (χ4n) is 1.84. The Morgan fingerprint density at radius 3 is 1.68 bits per heavy atom. The number of alkyl halides is 13. The van der Waals surface area contributed by atoms with Gasteiger partial charge in [-0.15, -0.1) is 0 Å². The highest BCUT2D eigenvalue weighted by molar-refractivity contribution is 7.99. The highest BCUT2D eigenvalue weighted by Crippen LogP contribution is 2.60. The molecular formula is C14H17F13N2OS. The molecule has 0 radical (unpaired) electrons. The smallest absolute Gasteiger partial charge is 0.356 e. The Kier molecular flexibility index (Phi) is 9.84. The zero-order chi connectivity index (χ0) is 24.9. The highest BCUT2D eigenvalue weighted by atomic mass is 32.2. The van der Waals surface area contributed by atoms with Gasteiger partial charge in [-0.05, 0) is 18.7 Å². The normalized spacial score (nSPS) is 14.6. The van der Waals surface area contributed by atoms with Crippen molar-refractivity contribution < 1.29 is 61.9 Å². The van der Waals surface area contributed by atoms with Crippen molar-refractivity contribution in [2.75, 3.05) is 24.6 Å². The van der Waals surface area contributed by atoms with Crippen LogP contribution >= 0.6 is 11.8 Å². The van der Waals surface area contributed by atoms with E-state index in [0.29, 0.717) is 18.2 Å². The Hall–Kier alpha value is -1.13. The number of nitrogens with two attached hydrogens (primary N) is 1. The van der Waals surface area contributed by atoms with E-state index in [1.165, 1.54) is 0 Å². The van der Waals surface area contributed by atoms with Gasteiger partial charge in [0, 0.05) is 25.1 Å². The zero-order valence-corrected chi connectivity index (χ0v) is 16.1. The summed E-state index contributed by atoms with van der Waals surface area (Å²) in [4.78, 5) is 11.3. The van der Waals surface area contributed by atoms with E-state index < -0.39 is 53.9 Å². The molecule has 0 heterocycles. The molecule has 0 rings (SSSR count). The number of amides is 1. The predicted molar refractivity (Wildman–Crippen MR) is 84.0 cm³/mol. The maximum absolute atomic E-state index is 13.5. The molecule has 17 heteroatoms. The van der Waals surface area contributed by atoms with E-state index in [2.05, 4.69) is 5.32 Å². The maximum Gasteiger partial charge on any atom is 0.460 e.